The Balaban J connectivity index is 2.20. The van der Waals surface area contributed by atoms with Crippen LogP contribution in [0.3, 0.4) is 0 Å². The highest BCUT2D eigenvalue weighted by atomic mass is 32.2. The maximum absolute atomic E-state index is 11.5. The predicted octanol–water partition coefficient (Wildman–Crippen LogP) is 2.03. The van der Waals surface area contributed by atoms with Crippen LogP contribution in [-0.2, 0) is 9.84 Å². The second kappa shape index (κ2) is 6.32. The van der Waals surface area contributed by atoms with Gasteiger partial charge in [-0.1, -0.05) is 18.3 Å². The molecule has 0 saturated carbocycles. The molecule has 1 aromatic rings. The van der Waals surface area contributed by atoms with E-state index in [1.807, 2.05) is 24.5 Å². The zero-order valence-electron chi connectivity index (χ0n) is 11.3. The number of thioether (sulfide) groups is 1. The number of benzene rings is 1. The lowest BCUT2D eigenvalue weighted by atomic mass is 10.1. The average Bonchev–Trinajstić information content (AvgIpc) is 2.40. The molecule has 1 aromatic carbocycles. The summed E-state index contributed by atoms with van der Waals surface area (Å²) in [6.45, 7) is 0. The molecule has 2 rings (SSSR count). The summed E-state index contributed by atoms with van der Waals surface area (Å²) in [6.07, 6.45) is 3.24. The van der Waals surface area contributed by atoms with Crippen molar-refractivity contribution in [3.05, 3.63) is 23.8 Å². The molecule has 4 nitrogen and oxygen atoms in total. The molecule has 0 bridgehead atoms. The van der Waals surface area contributed by atoms with Crippen LogP contribution < -0.4 is 11.1 Å². The molecule has 3 N–H and O–H groups in total. The molecule has 0 spiro atoms. The van der Waals surface area contributed by atoms with Gasteiger partial charge in [0.1, 0.15) is 14.8 Å². The van der Waals surface area contributed by atoms with Gasteiger partial charge in [-0.25, -0.2) is 8.42 Å². The number of thiocarbonyl (C=S) groups is 1. The Morgan fingerprint density at radius 2 is 2.05 bits per heavy atom. The Morgan fingerprint density at radius 3 is 2.60 bits per heavy atom. The zero-order valence-corrected chi connectivity index (χ0v) is 13.7. The molecule has 20 heavy (non-hydrogen) atoms. The second-order valence-corrected chi connectivity index (χ2v) is 8.41. The lowest BCUT2D eigenvalue weighted by Gasteiger charge is -2.25. The minimum absolute atomic E-state index is 0.156. The summed E-state index contributed by atoms with van der Waals surface area (Å²) in [5.74, 6) is 0.491. The fourth-order valence-corrected chi connectivity index (χ4v) is 4.74. The van der Waals surface area contributed by atoms with Crippen LogP contribution in [0.1, 0.15) is 18.4 Å². The first-order valence-electron chi connectivity index (χ1n) is 6.37. The zero-order chi connectivity index (χ0) is 14.8. The summed E-state index contributed by atoms with van der Waals surface area (Å²) in [5, 5.41) is 3.40. The first-order chi connectivity index (χ1) is 9.43. The van der Waals surface area contributed by atoms with E-state index in [2.05, 4.69) is 5.32 Å². The van der Waals surface area contributed by atoms with Crippen LogP contribution in [0.2, 0.25) is 0 Å². The molecule has 0 unspecified atom stereocenters. The normalized spacial score (nSPS) is 18.6. The van der Waals surface area contributed by atoms with Crippen molar-refractivity contribution < 1.29 is 8.42 Å². The Hall–Kier alpha value is -0.790. The van der Waals surface area contributed by atoms with Crippen LogP contribution in [0.25, 0.3) is 0 Å². The lowest BCUT2D eigenvalue weighted by molar-refractivity contribution is 0.559. The van der Waals surface area contributed by atoms with Crippen LogP contribution >= 0.6 is 24.0 Å². The molecule has 7 heteroatoms. The molecule has 1 saturated heterocycles. The van der Waals surface area contributed by atoms with E-state index in [4.69, 9.17) is 18.0 Å². The highest BCUT2D eigenvalue weighted by Gasteiger charge is 2.24. The van der Waals surface area contributed by atoms with Crippen LogP contribution in [-0.4, -0.2) is 37.2 Å². The van der Waals surface area contributed by atoms with Gasteiger partial charge in [0, 0.05) is 22.2 Å². The summed E-state index contributed by atoms with van der Waals surface area (Å²) in [6, 6.07) is 6.03. The molecule has 110 valence electrons. The fourth-order valence-electron chi connectivity index (χ4n) is 2.33. The van der Waals surface area contributed by atoms with E-state index in [1.54, 1.807) is 11.8 Å². The molecular formula is C13H18N2O2S3. The number of hydrogen-bond acceptors (Lipinski definition) is 5. The van der Waals surface area contributed by atoms with Gasteiger partial charge in [0.2, 0.25) is 0 Å². The van der Waals surface area contributed by atoms with Gasteiger partial charge in [-0.05, 0) is 31.2 Å². The van der Waals surface area contributed by atoms with E-state index in [1.165, 1.54) is 0 Å². The third-order valence-electron chi connectivity index (χ3n) is 3.41. The quantitative estimate of drug-likeness (QED) is 0.650. The number of anilines is 1. The van der Waals surface area contributed by atoms with Gasteiger partial charge in [-0.15, -0.1) is 11.8 Å². The molecule has 0 amide bonds. The molecular weight excluding hydrogens is 312 g/mol. The molecule has 0 aromatic heterocycles. The van der Waals surface area contributed by atoms with Crippen molar-refractivity contribution in [2.24, 2.45) is 5.73 Å². The maximum Gasteiger partial charge on any atom is 0.150 e. The van der Waals surface area contributed by atoms with Gasteiger partial charge < -0.3 is 11.1 Å². The van der Waals surface area contributed by atoms with Crippen LogP contribution in [0, 0.1) is 0 Å². The van der Waals surface area contributed by atoms with Gasteiger partial charge in [-0.3, -0.25) is 0 Å². The molecule has 1 fully saturated rings. The van der Waals surface area contributed by atoms with Crippen molar-refractivity contribution in [2.45, 2.75) is 23.8 Å². The van der Waals surface area contributed by atoms with Crippen LogP contribution in [0.4, 0.5) is 5.69 Å². The van der Waals surface area contributed by atoms with Crippen molar-refractivity contribution in [1.29, 1.82) is 0 Å². The second-order valence-electron chi connectivity index (χ2n) is 4.82. The number of nitrogens with one attached hydrogen (secondary N) is 1. The Morgan fingerprint density at radius 1 is 1.40 bits per heavy atom. The number of rotatable bonds is 4. The van der Waals surface area contributed by atoms with E-state index >= 15 is 0 Å². The monoisotopic (exact) mass is 330 g/mol. The molecule has 0 aliphatic carbocycles. The SMILES string of the molecule is CSc1cccc(NC2CCS(=O)(=O)CC2)c1C(N)=S. The van der Waals surface area contributed by atoms with Gasteiger partial charge in [0.25, 0.3) is 0 Å². The van der Waals surface area contributed by atoms with E-state index in [0.717, 1.165) is 16.1 Å². The highest BCUT2D eigenvalue weighted by molar-refractivity contribution is 7.98. The molecule has 1 heterocycles. The summed E-state index contributed by atoms with van der Waals surface area (Å²) in [5.41, 5.74) is 7.57. The predicted molar refractivity (Wildman–Crippen MR) is 89.4 cm³/mol. The first-order valence-corrected chi connectivity index (χ1v) is 9.82. The van der Waals surface area contributed by atoms with Crippen molar-refractivity contribution in [3.63, 3.8) is 0 Å². The van der Waals surface area contributed by atoms with Crippen LogP contribution in [0.15, 0.2) is 23.1 Å². The number of nitrogens with two attached hydrogens (primary N) is 1. The van der Waals surface area contributed by atoms with E-state index < -0.39 is 9.84 Å². The number of sulfone groups is 1. The Bertz CT molecular complexity index is 600. The summed E-state index contributed by atoms with van der Waals surface area (Å²) in [4.78, 5) is 1.40. The van der Waals surface area contributed by atoms with Crippen molar-refractivity contribution in [1.82, 2.24) is 0 Å². The van der Waals surface area contributed by atoms with Gasteiger partial charge in [0.15, 0.2) is 0 Å². The van der Waals surface area contributed by atoms with Crippen molar-refractivity contribution in [3.8, 4) is 0 Å². The molecule has 0 radical (unpaired) electrons. The van der Waals surface area contributed by atoms with Gasteiger partial charge in [0.05, 0.1) is 11.5 Å². The summed E-state index contributed by atoms with van der Waals surface area (Å²) in [7, 11) is -2.84. The Kier molecular flexibility index (Phi) is 4.93. The first kappa shape index (κ1) is 15.6. The lowest BCUT2D eigenvalue weighted by Crippen LogP contribution is -2.32. The molecule has 0 atom stereocenters. The smallest absolute Gasteiger partial charge is 0.150 e. The number of hydrogen-bond donors (Lipinski definition) is 2. The van der Waals surface area contributed by atoms with Crippen molar-refractivity contribution >= 4 is 44.5 Å². The minimum Gasteiger partial charge on any atom is -0.389 e. The highest BCUT2D eigenvalue weighted by Crippen LogP contribution is 2.28. The largest absolute Gasteiger partial charge is 0.389 e. The molecule has 1 aliphatic heterocycles. The third-order valence-corrected chi connectivity index (χ3v) is 6.11. The minimum atomic E-state index is -2.84. The van der Waals surface area contributed by atoms with Crippen molar-refractivity contribution in [2.75, 3.05) is 23.1 Å². The maximum atomic E-state index is 11.5. The standard InChI is InChI=1S/C13H18N2O2S3/c1-19-11-4-2-3-10(12(11)13(14)18)15-9-5-7-20(16,17)8-6-9/h2-4,9,15H,5-8H2,1H3,(H2,14,18). The van der Waals surface area contributed by atoms with Crippen LogP contribution in [0.5, 0.6) is 0 Å². The summed E-state index contributed by atoms with van der Waals surface area (Å²) >= 11 is 6.73. The third kappa shape index (κ3) is 3.65. The topological polar surface area (TPSA) is 72.2 Å². The van der Waals surface area contributed by atoms with Gasteiger partial charge in [-0.2, -0.15) is 0 Å². The van der Waals surface area contributed by atoms with Gasteiger partial charge >= 0.3 is 0 Å². The average molecular weight is 331 g/mol. The van der Waals surface area contributed by atoms with E-state index in [9.17, 15) is 8.42 Å². The fraction of sp³-hybridized carbons (Fsp3) is 0.462. The van der Waals surface area contributed by atoms with E-state index in [0.29, 0.717) is 17.8 Å². The summed E-state index contributed by atoms with van der Waals surface area (Å²) < 4.78 is 22.9. The van der Waals surface area contributed by atoms with E-state index in [-0.39, 0.29) is 17.5 Å². The molecule has 1 aliphatic rings. The Labute approximate surface area is 129 Å².